The lowest BCUT2D eigenvalue weighted by molar-refractivity contribution is -0.139. The summed E-state index contributed by atoms with van der Waals surface area (Å²) in [6, 6.07) is 7.23. The van der Waals surface area contributed by atoms with Gasteiger partial charge in [0.2, 0.25) is 5.91 Å². The Morgan fingerprint density at radius 2 is 1.48 bits per heavy atom. The molecule has 1 aromatic carbocycles. The average molecular weight is 415 g/mol. The smallest absolute Gasteiger partial charge is 0.255 e. The van der Waals surface area contributed by atoms with Crippen molar-refractivity contribution in [2.24, 2.45) is 23.2 Å². The fourth-order valence-electron chi connectivity index (χ4n) is 7.11. The molecule has 0 N–H and O–H groups in total. The van der Waals surface area contributed by atoms with Gasteiger partial charge in [-0.05, 0) is 80.2 Å². The Morgan fingerprint density at radius 3 is 2.14 bits per heavy atom. The molecular formula is C24H31ClN2O2. The maximum atomic E-state index is 13.2. The van der Waals surface area contributed by atoms with E-state index >= 15 is 0 Å². The van der Waals surface area contributed by atoms with Crippen molar-refractivity contribution in [1.29, 1.82) is 0 Å². The van der Waals surface area contributed by atoms with Crippen LogP contribution < -0.4 is 0 Å². The lowest BCUT2D eigenvalue weighted by Gasteiger charge is -2.57. The first-order valence-corrected chi connectivity index (χ1v) is 11.7. The highest BCUT2D eigenvalue weighted by atomic mass is 35.5. The van der Waals surface area contributed by atoms with E-state index in [0.29, 0.717) is 36.1 Å². The second kappa shape index (κ2) is 7.61. The van der Waals surface area contributed by atoms with E-state index in [0.717, 1.165) is 37.1 Å². The molecule has 1 aromatic rings. The Labute approximate surface area is 178 Å². The monoisotopic (exact) mass is 414 g/mol. The molecule has 156 valence electrons. The number of amides is 2. The number of carbonyl (C=O) groups excluding carboxylic acids is 2. The quantitative estimate of drug-likeness (QED) is 0.723. The molecule has 5 fully saturated rings. The van der Waals surface area contributed by atoms with Gasteiger partial charge in [0.05, 0.1) is 10.6 Å². The topological polar surface area (TPSA) is 40.6 Å². The molecule has 0 aromatic heterocycles. The summed E-state index contributed by atoms with van der Waals surface area (Å²) in [4.78, 5) is 30.0. The van der Waals surface area contributed by atoms with Crippen molar-refractivity contribution in [2.75, 3.05) is 26.2 Å². The summed E-state index contributed by atoms with van der Waals surface area (Å²) in [5, 5.41) is 0.497. The predicted octanol–water partition coefficient (Wildman–Crippen LogP) is 4.62. The van der Waals surface area contributed by atoms with Gasteiger partial charge in [-0.3, -0.25) is 9.59 Å². The van der Waals surface area contributed by atoms with Crippen LogP contribution in [0.5, 0.6) is 0 Å². The Kier molecular flexibility index (Phi) is 5.09. The fraction of sp³-hybridized carbons (Fsp3) is 0.667. The van der Waals surface area contributed by atoms with Crippen LogP contribution >= 0.6 is 11.6 Å². The first kappa shape index (κ1) is 19.4. The zero-order chi connectivity index (χ0) is 20.0. The van der Waals surface area contributed by atoms with Gasteiger partial charge in [-0.15, -0.1) is 0 Å². The van der Waals surface area contributed by atoms with Crippen LogP contribution in [0.3, 0.4) is 0 Å². The number of hydrogen-bond donors (Lipinski definition) is 0. The third kappa shape index (κ3) is 3.81. The molecule has 29 heavy (non-hydrogen) atoms. The molecule has 1 heterocycles. The first-order chi connectivity index (χ1) is 14.0. The SMILES string of the molecule is O=C(CC12CC3CC(CC(C3)C1)C2)N1CCCN(C(=O)c2ccccc2Cl)CC1. The molecule has 2 amide bonds. The van der Waals surface area contributed by atoms with Crippen molar-refractivity contribution in [2.45, 2.75) is 51.4 Å². The molecule has 6 rings (SSSR count). The number of nitrogens with zero attached hydrogens (tertiary/aromatic N) is 2. The van der Waals surface area contributed by atoms with E-state index in [2.05, 4.69) is 0 Å². The van der Waals surface area contributed by atoms with Crippen LogP contribution in [0, 0.1) is 23.2 Å². The fourth-order valence-corrected chi connectivity index (χ4v) is 7.33. The van der Waals surface area contributed by atoms with Crippen LogP contribution in [-0.4, -0.2) is 47.8 Å². The number of hydrogen-bond acceptors (Lipinski definition) is 2. The van der Waals surface area contributed by atoms with Crippen LogP contribution in [0.15, 0.2) is 24.3 Å². The molecule has 1 aliphatic heterocycles. The Morgan fingerprint density at radius 1 is 0.897 bits per heavy atom. The van der Waals surface area contributed by atoms with Gasteiger partial charge >= 0.3 is 0 Å². The molecular weight excluding hydrogens is 384 g/mol. The molecule has 4 bridgehead atoms. The van der Waals surface area contributed by atoms with Crippen LogP contribution in [0.2, 0.25) is 5.02 Å². The van der Waals surface area contributed by atoms with Gasteiger partial charge in [-0.2, -0.15) is 0 Å². The molecule has 0 unspecified atom stereocenters. The third-order valence-electron chi connectivity index (χ3n) is 7.93. The standard InChI is InChI=1S/C24H31ClN2O2/c25-21-5-2-1-4-20(21)23(29)27-7-3-6-26(8-9-27)22(28)16-24-13-17-10-18(14-24)12-19(11-17)15-24/h1-2,4-5,17-19H,3,6-16H2. The molecule has 4 nitrogen and oxygen atoms in total. The minimum Gasteiger partial charge on any atom is -0.341 e. The molecule has 0 atom stereocenters. The zero-order valence-corrected chi connectivity index (χ0v) is 17.9. The minimum atomic E-state index is -0.0222. The number of carbonyl (C=O) groups is 2. The lowest BCUT2D eigenvalue weighted by atomic mass is 9.49. The van der Waals surface area contributed by atoms with E-state index in [9.17, 15) is 9.59 Å². The summed E-state index contributed by atoms with van der Waals surface area (Å²) >= 11 is 6.22. The van der Waals surface area contributed by atoms with E-state index < -0.39 is 0 Å². The normalized spacial score (nSPS) is 33.6. The molecule has 1 saturated heterocycles. The van der Waals surface area contributed by atoms with Crippen molar-refractivity contribution < 1.29 is 9.59 Å². The Balaban J connectivity index is 1.21. The second-order valence-corrected chi connectivity index (χ2v) is 10.5. The predicted molar refractivity (Wildman–Crippen MR) is 114 cm³/mol. The van der Waals surface area contributed by atoms with Crippen LogP contribution in [0.1, 0.15) is 61.7 Å². The van der Waals surface area contributed by atoms with Gasteiger partial charge < -0.3 is 9.80 Å². The van der Waals surface area contributed by atoms with Gasteiger partial charge in [-0.25, -0.2) is 0 Å². The van der Waals surface area contributed by atoms with Gasteiger partial charge in [-0.1, -0.05) is 23.7 Å². The molecule has 0 spiro atoms. The van der Waals surface area contributed by atoms with Gasteiger partial charge in [0, 0.05) is 32.6 Å². The van der Waals surface area contributed by atoms with Crippen molar-refractivity contribution in [3.8, 4) is 0 Å². The van der Waals surface area contributed by atoms with Crippen molar-refractivity contribution in [3.63, 3.8) is 0 Å². The molecule has 4 aliphatic carbocycles. The van der Waals surface area contributed by atoms with Crippen molar-refractivity contribution >= 4 is 23.4 Å². The van der Waals surface area contributed by atoms with E-state index in [1.165, 1.54) is 38.5 Å². The van der Waals surface area contributed by atoms with E-state index in [4.69, 9.17) is 11.6 Å². The van der Waals surface area contributed by atoms with Crippen LogP contribution in [0.25, 0.3) is 0 Å². The maximum absolute atomic E-state index is 13.2. The van der Waals surface area contributed by atoms with Crippen LogP contribution in [-0.2, 0) is 4.79 Å². The van der Waals surface area contributed by atoms with Crippen molar-refractivity contribution in [3.05, 3.63) is 34.9 Å². The molecule has 5 aliphatic rings. The number of benzene rings is 1. The summed E-state index contributed by atoms with van der Waals surface area (Å²) in [6.45, 7) is 2.68. The summed E-state index contributed by atoms with van der Waals surface area (Å²) in [7, 11) is 0. The molecule has 4 saturated carbocycles. The summed E-state index contributed by atoms with van der Waals surface area (Å²) in [6.07, 6.45) is 9.63. The van der Waals surface area contributed by atoms with Gasteiger partial charge in [0.15, 0.2) is 0 Å². The first-order valence-electron chi connectivity index (χ1n) is 11.3. The second-order valence-electron chi connectivity index (χ2n) is 10.1. The third-order valence-corrected chi connectivity index (χ3v) is 8.26. The van der Waals surface area contributed by atoms with E-state index in [-0.39, 0.29) is 11.3 Å². The summed E-state index contributed by atoms with van der Waals surface area (Å²) in [5.74, 6) is 2.93. The minimum absolute atomic E-state index is 0.0222. The van der Waals surface area contributed by atoms with Crippen LogP contribution in [0.4, 0.5) is 0 Å². The zero-order valence-electron chi connectivity index (χ0n) is 17.1. The summed E-state index contributed by atoms with van der Waals surface area (Å²) in [5.41, 5.74) is 0.841. The van der Waals surface area contributed by atoms with E-state index in [1.807, 2.05) is 21.9 Å². The highest BCUT2D eigenvalue weighted by Crippen LogP contribution is 2.61. The molecule has 0 radical (unpaired) electrons. The lowest BCUT2D eigenvalue weighted by Crippen LogP contribution is -2.48. The summed E-state index contributed by atoms with van der Waals surface area (Å²) < 4.78 is 0. The Hall–Kier alpha value is -1.55. The van der Waals surface area contributed by atoms with Crippen molar-refractivity contribution in [1.82, 2.24) is 9.80 Å². The maximum Gasteiger partial charge on any atom is 0.255 e. The average Bonchev–Trinajstić information content (AvgIpc) is 2.93. The largest absolute Gasteiger partial charge is 0.341 e. The number of rotatable bonds is 3. The highest BCUT2D eigenvalue weighted by Gasteiger charge is 2.51. The Bertz CT molecular complexity index is 773. The molecule has 5 heteroatoms. The van der Waals surface area contributed by atoms with Gasteiger partial charge in [0.1, 0.15) is 0 Å². The number of halogens is 1. The van der Waals surface area contributed by atoms with Gasteiger partial charge in [0.25, 0.3) is 5.91 Å². The highest BCUT2D eigenvalue weighted by molar-refractivity contribution is 6.33. The van der Waals surface area contributed by atoms with E-state index in [1.54, 1.807) is 12.1 Å².